The van der Waals surface area contributed by atoms with Crippen LogP contribution in [0, 0.1) is 0 Å². The van der Waals surface area contributed by atoms with Gasteiger partial charge >= 0.3 is 6.36 Å². The second-order valence-corrected chi connectivity index (χ2v) is 8.18. The summed E-state index contributed by atoms with van der Waals surface area (Å²) in [4.78, 5) is 21.6. The fourth-order valence-electron chi connectivity index (χ4n) is 2.84. The first-order valence-corrected chi connectivity index (χ1v) is 10.7. The molecule has 0 unspecified atom stereocenters. The number of likely N-dealkylation sites (N-methyl/N-ethyl adjacent to an activating group) is 2. The normalized spacial score (nSPS) is 16.8. The van der Waals surface area contributed by atoms with Crippen LogP contribution in [0.25, 0.3) is 0 Å². The Kier molecular flexibility index (Phi) is 8.97. The molecule has 0 saturated heterocycles. The molecule has 1 aromatic rings. The molecule has 1 aromatic carbocycles. The van der Waals surface area contributed by atoms with Gasteiger partial charge in [-0.1, -0.05) is 18.3 Å². The summed E-state index contributed by atoms with van der Waals surface area (Å²) in [6, 6.07) is 5.41. The molecule has 0 atom stereocenters. The van der Waals surface area contributed by atoms with Crippen molar-refractivity contribution in [1.82, 2.24) is 9.80 Å². The third kappa shape index (κ3) is 7.45. The molecule has 0 fully saturated rings. The molecule has 0 aliphatic carbocycles. The van der Waals surface area contributed by atoms with Crippen molar-refractivity contribution in [1.29, 1.82) is 0 Å². The highest BCUT2D eigenvalue weighted by Gasteiger charge is 2.31. The lowest BCUT2D eigenvalue weighted by Crippen LogP contribution is -2.36. The number of carbonyl (C=O) groups is 1. The fraction of sp³-hybridized carbons (Fsp3) is 0.364. The van der Waals surface area contributed by atoms with Gasteiger partial charge in [-0.3, -0.25) is 4.79 Å². The number of hydrogen-bond acceptors (Lipinski definition) is 6. The first kappa shape index (κ1) is 25.5. The Hall–Kier alpha value is -2.72. The zero-order valence-electron chi connectivity index (χ0n) is 18.5. The van der Waals surface area contributed by atoms with E-state index in [9.17, 15) is 18.0 Å². The Labute approximate surface area is 190 Å². The Bertz CT molecular complexity index is 922. The summed E-state index contributed by atoms with van der Waals surface area (Å²) >= 11 is 1.27. The van der Waals surface area contributed by atoms with E-state index in [1.165, 1.54) is 42.2 Å². The first-order valence-electron chi connectivity index (χ1n) is 9.90. The van der Waals surface area contributed by atoms with Crippen LogP contribution in [0.4, 0.5) is 18.9 Å². The number of rotatable bonds is 9. The van der Waals surface area contributed by atoms with Crippen LogP contribution < -0.4 is 10.1 Å². The number of ether oxygens (including phenoxy) is 1. The van der Waals surface area contributed by atoms with Crippen molar-refractivity contribution in [2.75, 3.05) is 39.0 Å². The number of thioether (sulfide) groups is 1. The van der Waals surface area contributed by atoms with Gasteiger partial charge in [-0.25, -0.2) is 4.99 Å². The molecule has 1 N–H and O–H groups in total. The fourth-order valence-corrected chi connectivity index (χ4v) is 3.89. The number of nitrogens with one attached hydrogen (secondary N) is 1. The molecular weight excluding hydrogens is 441 g/mol. The molecular formula is C22H27F3N4O2S. The van der Waals surface area contributed by atoms with E-state index < -0.39 is 6.36 Å². The molecule has 2 rings (SSSR count). The Morgan fingerprint density at radius 1 is 1.25 bits per heavy atom. The molecule has 174 valence electrons. The summed E-state index contributed by atoms with van der Waals surface area (Å²) in [5.41, 5.74) is 1.99. The van der Waals surface area contributed by atoms with Gasteiger partial charge in [0.25, 0.3) is 5.91 Å². The SMILES string of the molecule is C=C/N=C1/SC(C(=O)N(CC)CCN(C)C)=C/C1=C(/C)Nc1ccc(OC(F)(F)F)cc1. The van der Waals surface area contributed by atoms with Crippen LogP contribution in [-0.2, 0) is 4.79 Å². The van der Waals surface area contributed by atoms with E-state index in [4.69, 9.17) is 0 Å². The van der Waals surface area contributed by atoms with Crippen molar-refractivity contribution in [2.45, 2.75) is 20.2 Å². The molecule has 10 heteroatoms. The quantitative estimate of drug-likeness (QED) is 0.561. The molecule has 6 nitrogen and oxygen atoms in total. The highest BCUT2D eigenvalue weighted by molar-refractivity contribution is 8.18. The van der Waals surface area contributed by atoms with Crippen molar-refractivity contribution in [3.63, 3.8) is 0 Å². The second-order valence-electron chi connectivity index (χ2n) is 7.15. The van der Waals surface area contributed by atoms with E-state index in [1.807, 2.05) is 32.8 Å². The van der Waals surface area contributed by atoms with Crippen LogP contribution in [0.3, 0.4) is 0 Å². The molecule has 1 heterocycles. The van der Waals surface area contributed by atoms with Crippen molar-refractivity contribution < 1.29 is 22.7 Å². The third-order valence-electron chi connectivity index (χ3n) is 4.44. The molecule has 0 saturated carbocycles. The summed E-state index contributed by atoms with van der Waals surface area (Å²) in [6.07, 6.45) is -1.56. The van der Waals surface area contributed by atoms with Crippen LogP contribution in [0.2, 0.25) is 0 Å². The van der Waals surface area contributed by atoms with Gasteiger partial charge in [-0.05, 0) is 58.3 Å². The van der Waals surface area contributed by atoms with E-state index >= 15 is 0 Å². The molecule has 0 spiro atoms. The van der Waals surface area contributed by atoms with Gasteiger partial charge in [-0.2, -0.15) is 0 Å². The smallest absolute Gasteiger partial charge is 0.406 e. The molecule has 1 amide bonds. The number of benzene rings is 1. The summed E-state index contributed by atoms with van der Waals surface area (Å²) in [7, 11) is 3.91. The van der Waals surface area contributed by atoms with E-state index in [0.29, 0.717) is 34.4 Å². The van der Waals surface area contributed by atoms with Crippen LogP contribution in [0.5, 0.6) is 5.75 Å². The monoisotopic (exact) mass is 468 g/mol. The second kappa shape index (κ2) is 11.2. The predicted molar refractivity (Wildman–Crippen MR) is 124 cm³/mol. The lowest BCUT2D eigenvalue weighted by molar-refractivity contribution is -0.274. The molecule has 1 aliphatic rings. The summed E-state index contributed by atoms with van der Waals surface area (Å²) in [6.45, 7) is 9.32. The van der Waals surface area contributed by atoms with Crippen LogP contribution >= 0.6 is 11.8 Å². The zero-order valence-corrected chi connectivity index (χ0v) is 19.3. The van der Waals surface area contributed by atoms with Crippen LogP contribution in [0.15, 0.2) is 64.3 Å². The first-order chi connectivity index (χ1) is 15.0. The summed E-state index contributed by atoms with van der Waals surface area (Å²) in [5, 5.41) is 3.76. The van der Waals surface area contributed by atoms with Gasteiger partial charge in [0.1, 0.15) is 10.8 Å². The van der Waals surface area contributed by atoms with Crippen molar-refractivity contribution >= 4 is 28.4 Å². The number of alkyl halides is 3. The minimum atomic E-state index is -4.74. The standard InChI is InChI=1S/C22H27F3N4O2S/c1-6-26-20-18(14-19(32-20)21(30)29(7-2)13-12-28(4)5)15(3)27-16-8-10-17(11-9-16)31-22(23,24)25/h6,8-11,14,27H,1,7,12-13H2,2-5H3/b18-15+,26-20+. The van der Waals surface area contributed by atoms with Crippen LogP contribution in [-0.4, -0.2) is 60.8 Å². The maximum atomic E-state index is 13.0. The van der Waals surface area contributed by atoms with Crippen LogP contribution in [0.1, 0.15) is 13.8 Å². The van der Waals surface area contributed by atoms with Gasteiger partial charge in [0.05, 0.1) is 4.91 Å². The number of allylic oxidation sites excluding steroid dienone is 2. The lowest BCUT2D eigenvalue weighted by atomic mass is 10.2. The maximum absolute atomic E-state index is 13.0. The van der Waals surface area contributed by atoms with E-state index in [2.05, 4.69) is 21.6 Å². The minimum absolute atomic E-state index is 0.0763. The average molecular weight is 469 g/mol. The molecule has 1 aliphatic heterocycles. The lowest BCUT2D eigenvalue weighted by Gasteiger charge is -2.22. The van der Waals surface area contributed by atoms with Gasteiger partial charge < -0.3 is 19.9 Å². The van der Waals surface area contributed by atoms with Gasteiger partial charge in [0.2, 0.25) is 0 Å². The van der Waals surface area contributed by atoms with Gasteiger partial charge in [0, 0.05) is 42.8 Å². The molecule has 0 aromatic heterocycles. The van der Waals surface area contributed by atoms with Gasteiger partial charge in [0.15, 0.2) is 0 Å². The van der Waals surface area contributed by atoms with E-state index in [-0.39, 0.29) is 11.7 Å². The molecule has 0 bridgehead atoms. The number of aliphatic imine (C=N–C) groups is 1. The molecule has 0 radical (unpaired) electrons. The number of amides is 1. The average Bonchev–Trinajstić information content (AvgIpc) is 3.13. The maximum Gasteiger partial charge on any atom is 0.573 e. The van der Waals surface area contributed by atoms with Gasteiger partial charge in [-0.15, -0.1) is 13.2 Å². The number of nitrogens with zero attached hydrogens (tertiary/aromatic N) is 3. The van der Waals surface area contributed by atoms with E-state index in [1.54, 1.807) is 11.0 Å². The number of carbonyl (C=O) groups excluding carboxylic acids is 1. The number of hydrogen-bond donors (Lipinski definition) is 1. The molecule has 32 heavy (non-hydrogen) atoms. The number of halogens is 3. The Balaban J connectivity index is 2.23. The Morgan fingerprint density at radius 2 is 1.91 bits per heavy atom. The highest BCUT2D eigenvalue weighted by Crippen LogP contribution is 2.35. The number of anilines is 1. The Morgan fingerprint density at radius 3 is 2.44 bits per heavy atom. The third-order valence-corrected chi connectivity index (χ3v) is 5.47. The zero-order chi connectivity index (χ0) is 23.9. The highest BCUT2D eigenvalue weighted by atomic mass is 32.2. The summed E-state index contributed by atoms with van der Waals surface area (Å²) < 4.78 is 40.9. The topological polar surface area (TPSA) is 57.2 Å². The van der Waals surface area contributed by atoms with Crippen molar-refractivity contribution in [2.24, 2.45) is 4.99 Å². The minimum Gasteiger partial charge on any atom is -0.406 e. The predicted octanol–water partition coefficient (Wildman–Crippen LogP) is 4.85. The van der Waals surface area contributed by atoms with E-state index in [0.717, 1.165) is 12.1 Å². The largest absolute Gasteiger partial charge is 0.573 e. The summed E-state index contributed by atoms with van der Waals surface area (Å²) in [5.74, 6) is -0.378. The van der Waals surface area contributed by atoms with Crippen molar-refractivity contribution in [3.05, 3.63) is 59.3 Å². The van der Waals surface area contributed by atoms with Crippen molar-refractivity contribution in [3.8, 4) is 5.75 Å².